The first-order valence-electron chi connectivity index (χ1n) is 9.07. The Hall–Kier alpha value is -3.80. The SMILES string of the molecule is COc1ccc(N(C)C(=O)c2ccc3noc(-c4ccccc4)c3c2)cc1OC. The number of amides is 1. The van der Waals surface area contributed by atoms with Crippen LogP contribution in [-0.2, 0) is 0 Å². The van der Waals surface area contributed by atoms with Crippen LogP contribution in [0.15, 0.2) is 71.3 Å². The molecule has 4 rings (SSSR count). The molecule has 6 heteroatoms. The number of nitrogens with zero attached hydrogens (tertiary/aromatic N) is 2. The lowest BCUT2D eigenvalue weighted by Gasteiger charge is -2.19. The number of carbonyl (C=O) groups is 1. The van der Waals surface area contributed by atoms with Crippen molar-refractivity contribution in [2.24, 2.45) is 0 Å². The predicted octanol–water partition coefficient (Wildman–Crippen LogP) is 4.79. The van der Waals surface area contributed by atoms with Crippen molar-refractivity contribution in [2.45, 2.75) is 0 Å². The highest BCUT2D eigenvalue weighted by Crippen LogP contribution is 2.33. The first kappa shape index (κ1) is 18.6. The van der Waals surface area contributed by atoms with Crippen LogP contribution >= 0.6 is 0 Å². The van der Waals surface area contributed by atoms with Crippen molar-refractivity contribution in [3.63, 3.8) is 0 Å². The van der Waals surface area contributed by atoms with Gasteiger partial charge in [0.1, 0.15) is 5.52 Å². The third-order valence-electron chi connectivity index (χ3n) is 4.82. The molecule has 0 fully saturated rings. The van der Waals surface area contributed by atoms with Gasteiger partial charge in [0.25, 0.3) is 5.91 Å². The summed E-state index contributed by atoms with van der Waals surface area (Å²) < 4.78 is 16.1. The number of fused-ring (bicyclic) bond motifs is 1. The number of anilines is 1. The second-order valence-corrected chi connectivity index (χ2v) is 6.51. The van der Waals surface area contributed by atoms with Crippen LogP contribution in [0.5, 0.6) is 11.5 Å². The van der Waals surface area contributed by atoms with Gasteiger partial charge in [0, 0.05) is 29.9 Å². The van der Waals surface area contributed by atoms with Crippen LogP contribution in [0.4, 0.5) is 5.69 Å². The van der Waals surface area contributed by atoms with Crippen molar-refractivity contribution < 1.29 is 18.8 Å². The fraction of sp³-hybridized carbons (Fsp3) is 0.130. The van der Waals surface area contributed by atoms with Gasteiger partial charge in [-0.2, -0.15) is 0 Å². The molecule has 1 amide bonds. The van der Waals surface area contributed by atoms with E-state index in [4.69, 9.17) is 14.0 Å². The van der Waals surface area contributed by atoms with Gasteiger partial charge in [-0.15, -0.1) is 0 Å². The zero-order chi connectivity index (χ0) is 20.4. The van der Waals surface area contributed by atoms with Crippen molar-refractivity contribution in [3.8, 4) is 22.8 Å². The van der Waals surface area contributed by atoms with E-state index in [0.29, 0.717) is 34.0 Å². The molecule has 0 aliphatic heterocycles. The Morgan fingerprint density at radius 2 is 1.69 bits per heavy atom. The maximum atomic E-state index is 13.1. The van der Waals surface area contributed by atoms with E-state index >= 15 is 0 Å². The molecule has 29 heavy (non-hydrogen) atoms. The first-order chi connectivity index (χ1) is 14.1. The Kier molecular flexibility index (Phi) is 4.91. The Bertz CT molecular complexity index is 1170. The summed E-state index contributed by atoms with van der Waals surface area (Å²) in [4.78, 5) is 14.7. The number of methoxy groups -OCH3 is 2. The van der Waals surface area contributed by atoms with Crippen molar-refractivity contribution in [3.05, 3.63) is 72.3 Å². The third-order valence-corrected chi connectivity index (χ3v) is 4.82. The molecule has 4 aromatic rings. The molecule has 1 heterocycles. The van der Waals surface area contributed by atoms with Gasteiger partial charge in [0.05, 0.1) is 19.6 Å². The number of aromatic nitrogens is 1. The molecule has 3 aromatic carbocycles. The molecule has 1 aromatic heterocycles. The Balaban J connectivity index is 1.70. The molecule has 6 nitrogen and oxygen atoms in total. The number of ether oxygens (including phenoxy) is 2. The summed E-state index contributed by atoms with van der Waals surface area (Å²) in [6, 6.07) is 20.4. The van der Waals surface area contributed by atoms with E-state index in [0.717, 1.165) is 10.9 Å². The standard InChI is InChI=1S/C23H20N2O4/c1-25(17-10-12-20(27-2)21(14-17)28-3)23(26)16-9-11-19-18(13-16)22(29-24-19)15-7-5-4-6-8-15/h4-14H,1-3H3. The molecule has 0 atom stereocenters. The highest BCUT2D eigenvalue weighted by Gasteiger charge is 2.18. The molecule has 0 aliphatic rings. The monoisotopic (exact) mass is 388 g/mol. The second-order valence-electron chi connectivity index (χ2n) is 6.51. The molecule has 146 valence electrons. The number of benzene rings is 3. The van der Waals surface area contributed by atoms with Crippen LogP contribution in [0, 0.1) is 0 Å². The van der Waals surface area contributed by atoms with E-state index < -0.39 is 0 Å². The Morgan fingerprint density at radius 3 is 2.41 bits per heavy atom. The Morgan fingerprint density at radius 1 is 0.931 bits per heavy atom. The summed E-state index contributed by atoms with van der Waals surface area (Å²) in [5.41, 5.74) is 2.85. The van der Waals surface area contributed by atoms with Crippen LogP contribution < -0.4 is 14.4 Å². The molecular formula is C23H20N2O4. The van der Waals surface area contributed by atoms with Gasteiger partial charge in [-0.25, -0.2) is 0 Å². The number of hydrogen-bond donors (Lipinski definition) is 0. The highest BCUT2D eigenvalue weighted by atomic mass is 16.5. The summed E-state index contributed by atoms with van der Waals surface area (Å²) in [6.07, 6.45) is 0. The minimum Gasteiger partial charge on any atom is -0.493 e. The summed E-state index contributed by atoms with van der Waals surface area (Å²) >= 11 is 0. The maximum absolute atomic E-state index is 13.1. The molecule has 0 aliphatic carbocycles. The minimum atomic E-state index is -0.153. The van der Waals surface area contributed by atoms with Crippen LogP contribution in [-0.4, -0.2) is 32.3 Å². The molecular weight excluding hydrogens is 368 g/mol. The van der Waals surface area contributed by atoms with Gasteiger partial charge in [0.15, 0.2) is 17.3 Å². The highest BCUT2D eigenvalue weighted by molar-refractivity contribution is 6.08. The number of hydrogen-bond acceptors (Lipinski definition) is 5. The lowest BCUT2D eigenvalue weighted by atomic mass is 10.1. The van der Waals surface area contributed by atoms with E-state index in [2.05, 4.69) is 5.16 Å². The summed E-state index contributed by atoms with van der Waals surface area (Å²) in [6.45, 7) is 0. The van der Waals surface area contributed by atoms with Crippen LogP contribution in [0.3, 0.4) is 0 Å². The minimum absolute atomic E-state index is 0.153. The van der Waals surface area contributed by atoms with Gasteiger partial charge in [-0.1, -0.05) is 35.5 Å². The van der Waals surface area contributed by atoms with Gasteiger partial charge in [-0.05, 0) is 30.3 Å². The average molecular weight is 388 g/mol. The maximum Gasteiger partial charge on any atom is 0.258 e. The quantitative estimate of drug-likeness (QED) is 0.492. The largest absolute Gasteiger partial charge is 0.493 e. The molecule has 0 saturated carbocycles. The topological polar surface area (TPSA) is 64.8 Å². The summed E-state index contributed by atoms with van der Waals surface area (Å²) in [5, 5.41) is 4.90. The average Bonchev–Trinajstić information content (AvgIpc) is 3.21. The lowest BCUT2D eigenvalue weighted by Crippen LogP contribution is -2.26. The predicted molar refractivity (Wildman–Crippen MR) is 112 cm³/mol. The summed E-state index contributed by atoms with van der Waals surface area (Å²) in [7, 11) is 4.86. The van der Waals surface area contributed by atoms with Crippen molar-refractivity contribution >= 4 is 22.5 Å². The normalized spacial score (nSPS) is 10.7. The molecule has 0 radical (unpaired) electrons. The molecule has 0 spiro atoms. The van der Waals surface area contributed by atoms with Crippen molar-refractivity contribution in [1.82, 2.24) is 5.16 Å². The number of rotatable bonds is 5. The van der Waals surface area contributed by atoms with E-state index in [1.165, 1.54) is 0 Å². The summed E-state index contributed by atoms with van der Waals surface area (Å²) in [5.74, 6) is 1.66. The van der Waals surface area contributed by atoms with Crippen LogP contribution in [0.1, 0.15) is 10.4 Å². The zero-order valence-electron chi connectivity index (χ0n) is 16.4. The fourth-order valence-electron chi connectivity index (χ4n) is 3.22. The first-order valence-corrected chi connectivity index (χ1v) is 9.07. The Labute approximate surface area is 168 Å². The van der Waals surface area contributed by atoms with E-state index in [1.54, 1.807) is 50.4 Å². The van der Waals surface area contributed by atoms with Crippen LogP contribution in [0.25, 0.3) is 22.2 Å². The van der Waals surface area contributed by atoms with Crippen molar-refractivity contribution in [1.29, 1.82) is 0 Å². The fourth-order valence-corrected chi connectivity index (χ4v) is 3.22. The van der Waals surface area contributed by atoms with Gasteiger partial charge in [0.2, 0.25) is 0 Å². The zero-order valence-corrected chi connectivity index (χ0v) is 16.4. The molecule has 0 saturated heterocycles. The second kappa shape index (κ2) is 7.67. The van der Waals surface area contributed by atoms with Gasteiger partial charge in [-0.3, -0.25) is 4.79 Å². The smallest absolute Gasteiger partial charge is 0.258 e. The van der Waals surface area contributed by atoms with Gasteiger partial charge >= 0.3 is 0 Å². The molecule has 0 bridgehead atoms. The number of carbonyl (C=O) groups excluding carboxylic acids is 1. The van der Waals surface area contributed by atoms with Crippen LogP contribution in [0.2, 0.25) is 0 Å². The molecule has 0 N–H and O–H groups in total. The van der Waals surface area contributed by atoms with E-state index in [9.17, 15) is 4.79 Å². The molecule has 0 unspecified atom stereocenters. The van der Waals surface area contributed by atoms with E-state index in [-0.39, 0.29) is 5.91 Å². The van der Waals surface area contributed by atoms with E-state index in [1.807, 2.05) is 42.5 Å². The van der Waals surface area contributed by atoms with Crippen molar-refractivity contribution in [2.75, 3.05) is 26.2 Å². The lowest BCUT2D eigenvalue weighted by molar-refractivity contribution is 0.0993. The third kappa shape index (κ3) is 3.40. The van der Waals surface area contributed by atoms with Gasteiger partial charge < -0.3 is 18.9 Å².